The van der Waals surface area contributed by atoms with Gasteiger partial charge < -0.3 is 19.4 Å². The molecule has 0 bridgehead atoms. The Kier molecular flexibility index (Phi) is 7.70. The Bertz CT molecular complexity index is 1150. The molecule has 0 aliphatic carbocycles. The number of nitrogens with one attached hydrogen (secondary N) is 1. The highest BCUT2D eigenvalue weighted by molar-refractivity contribution is 5.98. The molecule has 2 aromatic carbocycles. The molecular weight excluding hydrogens is 438 g/mol. The number of ether oxygens (including phenoxy) is 2. The molecule has 188 valence electrons. The van der Waals surface area contributed by atoms with Gasteiger partial charge in [-0.25, -0.2) is 0 Å². The van der Waals surface area contributed by atoms with Gasteiger partial charge in [-0.3, -0.25) is 9.69 Å². The van der Waals surface area contributed by atoms with Crippen molar-refractivity contribution in [2.24, 2.45) is 5.92 Å². The molecule has 1 unspecified atom stereocenters. The molecule has 3 aromatic rings. The van der Waals surface area contributed by atoms with Crippen molar-refractivity contribution in [3.63, 3.8) is 0 Å². The third-order valence-electron chi connectivity index (χ3n) is 7.35. The second-order valence-corrected chi connectivity index (χ2v) is 10.3. The molecule has 1 amide bonds. The zero-order chi connectivity index (χ0) is 25.0. The summed E-state index contributed by atoms with van der Waals surface area (Å²) < 4.78 is 10.7. The van der Waals surface area contributed by atoms with Crippen LogP contribution in [-0.2, 0) is 6.42 Å². The smallest absolute Gasteiger partial charge is 0.270 e. The molecule has 0 radical (unpaired) electrons. The molecule has 1 aromatic heterocycles. The van der Waals surface area contributed by atoms with Gasteiger partial charge in [-0.15, -0.1) is 0 Å². The second kappa shape index (κ2) is 10.7. The minimum Gasteiger partial charge on any atom is -0.497 e. The van der Waals surface area contributed by atoms with Crippen molar-refractivity contribution >= 4 is 16.8 Å². The van der Waals surface area contributed by atoms with E-state index in [1.807, 2.05) is 35.2 Å². The number of amides is 1. The molecule has 1 N–H and O–H groups in total. The number of aromatic amines is 1. The Labute approximate surface area is 209 Å². The Morgan fingerprint density at radius 1 is 1.11 bits per heavy atom. The maximum absolute atomic E-state index is 13.4. The second-order valence-electron chi connectivity index (χ2n) is 10.3. The molecule has 0 spiro atoms. The predicted octanol–water partition coefficient (Wildman–Crippen LogP) is 5.38. The monoisotopic (exact) mass is 477 g/mol. The third kappa shape index (κ3) is 5.81. The molecule has 1 aliphatic heterocycles. The summed E-state index contributed by atoms with van der Waals surface area (Å²) >= 11 is 0. The highest BCUT2D eigenvalue weighted by atomic mass is 16.5. The number of H-pyrrole nitrogens is 1. The van der Waals surface area contributed by atoms with Crippen molar-refractivity contribution in [1.82, 2.24) is 14.8 Å². The summed E-state index contributed by atoms with van der Waals surface area (Å²) in [6.45, 7) is 10.3. The SMILES string of the molecule is CCN(CC1CCCN(C(C)(C)Cc2cccc(OC)c2)C1)C(=O)c1cc2cc(OC)ccc2[nH]1. The quantitative estimate of drug-likeness (QED) is 0.450. The first kappa shape index (κ1) is 25.1. The van der Waals surface area contributed by atoms with Crippen LogP contribution in [-0.4, -0.2) is 66.6 Å². The zero-order valence-corrected chi connectivity index (χ0v) is 21.8. The number of fused-ring (bicyclic) bond motifs is 1. The lowest BCUT2D eigenvalue weighted by Gasteiger charge is -2.44. The van der Waals surface area contributed by atoms with Crippen LogP contribution in [0.15, 0.2) is 48.5 Å². The Balaban J connectivity index is 1.42. The molecule has 0 saturated carbocycles. The van der Waals surface area contributed by atoms with Crippen molar-refractivity contribution in [3.8, 4) is 11.5 Å². The number of rotatable bonds is 9. The normalized spacial score (nSPS) is 16.9. The van der Waals surface area contributed by atoms with E-state index in [2.05, 4.69) is 48.9 Å². The molecule has 4 rings (SSSR count). The lowest BCUT2D eigenvalue weighted by Crippen LogP contribution is -2.52. The number of carbonyl (C=O) groups excluding carboxylic acids is 1. The number of benzene rings is 2. The number of aromatic nitrogens is 1. The van der Waals surface area contributed by atoms with Crippen LogP contribution in [0, 0.1) is 5.92 Å². The number of carbonyl (C=O) groups is 1. The molecule has 1 saturated heterocycles. The molecule has 1 aliphatic rings. The van der Waals surface area contributed by atoms with Gasteiger partial charge in [0.2, 0.25) is 0 Å². The first-order chi connectivity index (χ1) is 16.8. The van der Waals surface area contributed by atoms with E-state index in [1.165, 1.54) is 5.56 Å². The molecule has 6 heteroatoms. The van der Waals surface area contributed by atoms with Crippen LogP contribution in [0.4, 0.5) is 0 Å². The van der Waals surface area contributed by atoms with E-state index in [-0.39, 0.29) is 11.4 Å². The Hall–Kier alpha value is -2.99. The minimum atomic E-state index is 0.0301. The van der Waals surface area contributed by atoms with Crippen molar-refractivity contribution < 1.29 is 14.3 Å². The van der Waals surface area contributed by atoms with Gasteiger partial charge in [0.15, 0.2) is 0 Å². The fraction of sp³-hybridized carbons (Fsp3) is 0.483. The number of nitrogens with zero attached hydrogens (tertiary/aromatic N) is 2. The van der Waals surface area contributed by atoms with E-state index in [0.717, 1.165) is 61.3 Å². The van der Waals surface area contributed by atoms with Crippen molar-refractivity contribution in [2.45, 2.75) is 45.6 Å². The fourth-order valence-corrected chi connectivity index (χ4v) is 5.35. The van der Waals surface area contributed by atoms with Gasteiger partial charge in [0.25, 0.3) is 5.91 Å². The first-order valence-electron chi connectivity index (χ1n) is 12.7. The van der Waals surface area contributed by atoms with E-state index in [0.29, 0.717) is 18.2 Å². The Morgan fingerprint density at radius 3 is 2.63 bits per heavy atom. The summed E-state index contributed by atoms with van der Waals surface area (Å²) in [4.78, 5) is 21.3. The first-order valence-corrected chi connectivity index (χ1v) is 12.7. The van der Waals surface area contributed by atoms with E-state index in [9.17, 15) is 4.79 Å². The van der Waals surface area contributed by atoms with Crippen LogP contribution < -0.4 is 9.47 Å². The predicted molar refractivity (Wildman–Crippen MR) is 142 cm³/mol. The van der Waals surface area contributed by atoms with Gasteiger partial charge in [-0.05, 0) is 94.5 Å². The van der Waals surface area contributed by atoms with Gasteiger partial charge in [0, 0.05) is 36.1 Å². The summed E-state index contributed by atoms with van der Waals surface area (Å²) in [5, 5.41) is 0.992. The largest absolute Gasteiger partial charge is 0.497 e. The zero-order valence-electron chi connectivity index (χ0n) is 21.8. The molecule has 35 heavy (non-hydrogen) atoms. The lowest BCUT2D eigenvalue weighted by molar-refractivity contribution is 0.0474. The maximum Gasteiger partial charge on any atom is 0.270 e. The van der Waals surface area contributed by atoms with Crippen LogP contribution in [0.2, 0.25) is 0 Å². The summed E-state index contributed by atoms with van der Waals surface area (Å²) in [7, 11) is 3.37. The van der Waals surface area contributed by atoms with E-state index in [4.69, 9.17) is 9.47 Å². The average Bonchev–Trinajstić information content (AvgIpc) is 3.30. The number of likely N-dealkylation sites (tertiary alicyclic amines) is 1. The molecule has 1 fully saturated rings. The van der Waals surface area contributed by atoms with Gasteiger partial charge in [-0.1, -0.05) is 12.1 Å². The van der Waals surface area contributed by atoms with Crippen LogP contribution in [0.5, 0.6) is 11.5 Å². The van der Waals surface area contributed by atoms with E-state index >= 15 is 0 Å². The molecule has 1 atom stereocenters. The van der Waals surface area contributed by atoms with Gasteiger partial charge in [-0.2, -0.15) is 0 Å². The summed E-state index contributed by atoms with van der Waals surface area (Å²) in [6, 6.07) is 16.1. The summed E-state index contributed by atoms with van der Waals surface area (Å²) in [5.41, 5.74) is 2.91. The van der Waals surface area contributed by atoms with Crippen LogP contribution >= 0.6 is 0 Å². The molecular formula is C29H39N3O3. The van der Waals surface area contributed by atoms with Crippen LogP contribution in [0.1, 0.15) is 49.7 Å². The van der Waals surface area contributed by atoms with E-state index < -0.39 is 0 Å². The van der Waals surface area contributed by atoms with Gasteiger partial charge in [0.05, 0.1) is 14.2 Å². The number of hydrogen-bond acceptors (Lipinski definition) is 4. The lowest BCUT2D eigenvalue weighted by atomic mass is 9.88. The van der Waals surface area contributed by atoms with Crippen molar-refractivity contribution in [2.75, 3.05) is 40.4 Å². The summed E-state index contributed by atoms with van der Waals surface area (Å²) in [6.07, 6.45) is 3.27. The number of methoxy groups -OCH3 is 2. The Morgan fingerprint density at radius 2 is 1.89 bits per heavy atom. The van der Waals surface area contributed by atoms with Crippen LogP contribution in [0.25, 0.3) is 10.9 Å². The fourth-order valence-electron chi connectivity index (χ4n) is 5.35. The maximum atomic E-state index is 13.4. The highest BCUT2D eigenvalue weighted by Crippen LogP contribution is 2.29. The topological polar surface area (TPSA) is 57.8 Å². The number of hydrogen-bond donors (Lipinski definition) is 1. The number of piperidine rings is 1. The van der Waals surface area contributed by atoms with Gasteiger partial charge in [0.1, 0.15) is 17.2 Å². The third-order valence-corrected chi connectivity index (χ3v) is 7.35. The minimum absolute atomic E-state index is 0.0301. The van der Waals surface area contributed by atoms with Crippen LogP contribution in [0.3, 0.4) is 0 Å². The molecule has 6 nitrogen and oxygen atoms in total. The van der Waals surface area contributed by atoms with Crippen molar-refractivity contribution in [1.29, 1.82) is 0 Å². The average molecular weight is 478 g/mol. The summed E-state index contributed by atoms with van der Waals surface area (Å²) in [5.74, 6) is 2.22. The highest BCUT2D eigenvalue weighted by Gasteiger charge is 2.33. The molecule has 2 heterocycles. The van der Waals surface area contributed by atoms with Gasteiger partial charge >= 0.3 is 0 Å². The van der Waals surface area contributed by atoms with E-state index in [1.54, 1.807) is 14.2 Å². The standard InChI is InChI=1S/C29H39N3O3/c1-6-31(28(33)27-17-23-16-25(35-5)12-13-26(23)30-27)19-22-10-8-14-32(20-22)29(2,3)18-21-9-7-11-24(15-21)34-4/h7,9,11-13,15-17,22,30H,6,8,10,14,18-20H2,1-5H3. The van der Waals surface area contributed by atoms with Crippen molar-refractivity contribution in [3.05, 3.63) is 59.8 Å².